The maximum absolute atomic E-state index is 12.2. The molecule has 0 saturated carbocycles. The van der Waals surface area contributed by atoms with E-state index < -0.39 is 10.0 Å². The van der Waals surface area contributed by atoms with Crippen LogP contribution in [0.4, 0.5) is 0 Å². The number of ether oxygens (including phenoxy) is 1. The third-order valence-electron chi connectivity index (χ3n) is 2.60. The van der Waals surface area contributed by atoms with E-state index >= 15 is 0 Å². The van der Waals surface area contributed by atoms with Crippen molar-refractivity contribution in [3.05, 3.63) is 16.3 Å². The fourth-order valence-electron chi connectivity index (χ4n) is 1.61. The second-order valence-electron chi connectivity index (χ2n) is 4.40. The van der Waals surface area contributed by atoms with Gasteiger partial charge in [-0.05, 0) is 23.9 Å². The van der Waals surface area contributed by atoms with Crippen molar-refractivity contribution in [1.82, 2.24) is 10.0 Å². The van der Waals surface area contributed by atoms with Crippen LogP contribution in [0.5, 0.6) is 0 Å². The van der Waals surface area contributed by atoms with Gasteiger partial charge in [0.2, 0.25) is 10.0 Å². The number of nitrogens with one attached hydrogen (secondary N) is 2. The third kappa shape index (κ3) is 5.19. The Morgan fingerprint density at radius 3 is 2.84 bits per heavy atom. The molecule has 19 heavy (non-hydrogen) atoms. The Kier molecular flexibility index (Phi) is 6.95. The van der Waals surface area contributed by atoms with Crippen LogP contribution >= 0.6 is 11.3 Å². The quantitative estimate of drug-likeness (QED) is 0.724. The van der Waals surface area contributed by atoms with Gasteiger partial charge in [0.25, 0.3) is 0 Å². The summed E-state index contributed by atoms with van der Waals surface area (Å²) in [5, 5.41) is 4.95. The zero-order valence-corrected chi connectivity index (χ0v) is 13.2. The van der Waals surface area contributed by atoms with Gasteiger partial charge in [0, 0.05) is 31.7 Å². The first-order chi connectivity index (χ1) is 9.01. The van der Waals surface area contributed by atoms with Crippen LogP contribution in [0.15, 0.2) is 16.3 Å². The molecule has 0 aliphatic heterocycles. The Bertz CT molecular complexity index is 471. The van der Waals surface area contributed by atoms with E-state index in [1.807, 2.05) is 13.8 Å². The summed E-state index contributed by atoms with van der Waals surface area (Å²) in [4.78, 5) is 1.22. The van der Waals surface area contributed by atoms with Gasteiger partial charge in [-0.2, -0.15) is 0 Å². The molecule has 1 aromatic heterocycles. The Labute approximate surface area is 119 Å². The molecule has 0 bridgehead atoms. The van der Waals surface area contributed by atoms with E-state index in [1.165, 1.54) is 11.3 Å². The number of hydrogen-bond acceptors (Lipinski definition) is 5. The molecule has 1 atom stereocenters. The van der Waals surface area contributed by atoms with Gasteiger partial charge in [0.15, 0.2) is 0 Å². The van der Waals surface area contributed by atoms with Crippen molar-refractivity contribution in [3.8, 4) is 0 Å². The minimum Gasteiger partial charge on any atom is -0.384 e. The fraction of sp³-hybridized carbons (Fsp3) is 0.667. The lowest BCUT2D eigenvalue weighted by Gasteiger charge is -2.12. The molecule has 5 nitrogen and oxygen atoms in total. The molecule has 0 aliphatic rings. The summed E-state index contributed by atoms with van der Waals surface area (Å²) >= 11 is 1.45. The van der Waals surface area contributed by atoms with Gasteiger partial charge < -0.3 is 10.1 Å². The van der Waals surface area contributed by atoms with Crippen LogP contribution in [0.1, 0.15) is 18.7 Å². The predicted octanol–water partition coefficient (Wildman–Crippen LogP) is 1.42. The Morgan fingerprint density at radius 2 is 2.21 bits per heavy atom. The molecule has 0 aromatic carbocycles. The molecule has 1 aromatic rings. The predicted molar refractivity (Wildman–Crippen MR) is 77.9 cm³/mol. The lowest BCUT2D eigenvalue weighted by Crippen LogP contribution is -2.30. The zero-order valence-electron chi connectivity index (χ0n) is 11.6. The second-order valence-corrected chi connectivity index (χ2v) is 7.14. The van der Waals surface area contributed by atoms with Gasteiger partial charge in [-0.1, -0.05) is 13.8 Å². The lowest BCUT2D eigenvalue weighted by atomic mass is 10.2. The molecular weight excluding hydrogens is 284 g/mol. The van der Waals surface area contributed by atoms with Crippen LogP contribution in [0.25, 0.3) is 0 Å². The highest BCUT2D eigenvalue weighted by molar-refractivity contribution is 7.89. The average Bonchev–Trinajstić information content (AvgIpc) is 2.83. The molecule has 0 saturated heterocycles. The summed E-state index contributed by atoms with van der Waals surface area (Å²) in [6, 6.07) is 1.65. The normalized spacial score (nSPS) is 13.6. The number of rotatable bonds is 9. The molecule has 2 N–H and O–H groups in total. The van der Waals surface area contributed by atoms with Gasteiger partial charge in [-0.25, -0.2) is 13.1 Å². The van der Waals surface area contributed by atoms with Crippen LogP contribution < -0.4 is 10.0 Å². The molecule has 110 valence electrons. The highest BCUT2D eigenvalue weighted by Gasteiger charge is 2.19. The van der Waals surface area contributed by atoms with Crippen LogP contribution in [0.2, 0.25) is 0 Å². The van der Waals surface area contributed by atoms with E-state index in [9.17, 15) is 8.42 Å². The van der Waals surface area contributed by atoms with E-state index in [0.717, 1.165) is 11.4 Å². The Balaban J connectivity index is 2.69. The first-order valence-electron chi connectivity index (χ1n) is 6.27. The number of methoxy groups -OCH3 is 1. The van der Waals surface area contributed by atoms with Crippen molar-refractivity contribution in [2.24, 2.45) is 5.92 Å². The summed E-state index contributed by atoms with van der Waals surface area (Å²) in [6.45, 7) is 6.25. The summed E-state index contributed by atoms with van der Waals surface area (Å²) in [7, 11) is -1.82. The minimum absolute atomic E-state index is 0.149. The topological polar surface area (TPSA) is 67.4 Å². The van der Waals surface area contributed by atoms with Crippen molar-refractivity contribution in [3.63, 3.8) is 0 Å². The van der Waals surface area contributed by atoms with Gasteiger partial charge in [0.05, 0.1) is 4.90 Å². The van der Waals surface area contributed by atoms with E-state index in [4.69, 9.17) is 4.74 Å². The Morgan fingerprint density at radius 1 is 1.47 bits per heavy atom. The number of thiophene rings is 1. The van der Waals surface area contributed by atoms with Crippen LogP contribution in [-0.2, 0) is 21.3 Å². The van der Waals surface area contributed by atoms with Crippen molar-refractivity contribution in [2.45, 2.75) is 25.3 Å². The molecule has 0 fully saturated rings. The first-order valence-corrected chi connectivity index (χ1v) is 8.63. The Hall–Kier alpha value is -0.470. The summed E-state index contributed by atoms with van der Waals surface area (Å²) in [5.41, 5.74) is 0. The van der Waals surface area contributed by atoms with Gasteiger partial charge >= 0.3 is 0 Å². The SMILES string of the molecule is CCNCc1sccc1S(=O)(=O)NCC(C)COC. The monoisotopic (exact) mass is 306 g/mol. The molecule has 0 aliphatic carbocycles. The lowest BCUT2D eigenvalue weighted by molar-refractivity contribution is 0.161. The largest absolute Gasteiger partial charge is 0.384 e. The van der Waals surface area contributed by atoms with Crippen LogP contribution in [0, 0.1) is 5.92 Å². The molecule has 0 radical (unpaired) electrons. The van der Waals surface area contributed by atoms with E-state index in [2.05, 4.69) is 10.0 Å². The van der Waals surface area contributed by atoms with Crippen molar-refractivity contribution in [1.29, 1.82) is 0 Å². The summed E-state index contributed by atoms with van der Waals surface area (Å²) in [5.74, 6) is 0.149. The first kappa shape index (κ1) is 16.6. The molecule has 0 amide bonds. The van der Waals surface area contributed by atoms with Gasteiger partial charge in [0.1, 0.15) is 0 Å². The van der Waals surface area contributed by atoms with Crippen LogP contribution in [-0.4, -0.2) is 35.2 Å². The highest BCUT2D eigenvalue weighted by Crippen LogP contribution is 2.21. The minimum atomic E-state index is -3.43. The third-order valence-corrected chi connectivity index (χ3v) is 5.16. The smallest absolute Gasteiger partial charge is 0.241 e. The van der Waals surface area contributed by atoms with E-state index in [0.29, 0.717) is 24.6 Å². The van der Waals surface area contributed by atoms with Crippen molar-refractivity contribution in [2.75, 3.05) is 26.8 Å². The zero-order chi connectivity index (χ0) is 14.3. The molecule has 1 unspecified atom stereocenters. The summed E-state index contributed by atoms with van der Waals surface area (Å²) in [6.07, 6.45) is 0. The maximum Gasteiger partial charge on any atom is 0.241 e. The maximum atomic E-state index is 12.2. The second kappa shape index (κ2) is 7.96. The average molecular weight is 306 g/mol. The highest BCUT2D eigenvalue weighted by atomic mass is 32.2. The molecule has 1 heterocycles. The van der Waals surface area contributed by atoms with E-state index in [-0.39, 0.29) is 5.92 Å². The van der Waals surface area contributed by atoms with Gasteiger partial charge in [-0.3, -0.25) is 0 Å². The van der Waals surface area contributed by atoms with Crippen molar-refractivity contribution < 1.29 is 13.2 Å². The standard InChI is InChI=1S/C12H22N2O3S2/c1-4-13-8-11-12(5-6-18-11)19(15,16)14-7-10(2)9-17-3/h5-6,10,13-14H,4,7-9H2,1-3H3. The van der Waals surface area contributed by atoms with E-state index in [1.54, 1.807) is 18.6 Å². The van der Waals surface area contributed by atoms with Crippen molar-refractivity contribution >= 4 is 21.4 Å². The summed E-state index contributed by atoms with van der Waals surface area (Å²) < 4.78 is 32.1. The van der Waals surface area contributed by atoms with Gasteiger partial charge in [-0.15, -0.1) is 11.3 Å². The number of hydrogen-bond donors (Lipinski definition) is 2. The molecular formula is C12H22N2O3S2. The molecule has 7 heteroatoms. The molecule has 1 rings (SSSR count). The fourth-order valence-corrected chi connectivity index (χ4v) is 4.18. The molecule has 0 spiro atoms. The number of sulfonamides is 1. The van der Waals surface area contributed by atoms with Crippen LogP contribution in [0.3, 0.4) is 0 Å².